The van der Waals surface area contributed by atoms with E-state index >= 15 is 0 Å². The number of hydrogen-bond acceptors (Lipinski definition) is 7. The fourth-order valence-electron chi connectivity index (χ4n) is 4.77. The van der Waals surface area contributed by atoms with Gasteiger partial charge in [-0.15, -0.1) is 0 Å². The molecular weight excluding hydrogens is 472 g/mol. The molecule has 2 aliphatic rings. The molecule has 4 aromatic carbocycles. The lowest BCUT2D eigenvalue weighted by molar-refractivity contribution is 0.102. The molecule has 4 aromatic rings. The van der Waals surface area contributed by atoms with Crippen molar-refractivity contribution in [1.82, 2.24) is 0 Å². The Hall–Kier alpha value is -4.04. The Bertz CT molecular complexity index is 1310. The molecule has 6 rings (SSSR count). The van der Waals surface area contributed by atoms with Crippen LogP contribution in [0.2, 0.25) is 0 Å². The Morgan fingerprint density at radius 1 is 0.514 bits per heavy atom. The second kappa shape index (κ2) is 9.44. The number of hydrogen-bond donors (Lipinski definition) is 4. The van der Waals surface area contributed by atoms with E-state index in [1.54, 1.807) is 48.5 Å². The Kier molecular flexibility index (Phi) is 5.96. The summed E-state index contributed by atoms with van der Waals surface area (Å²) in [6.45, 7) is 0.763. The van der Waals surface area contributed by atoms with Crippen molar-refractivity contribution in [2.45, 2.75) is 24.4 Å². The lowest BCUT2D eigenvalue weighted by Crippen LogP contribution is -2.08. The summed E-state index contributed by atoms with van der Waals surface area (Å²) in [7, 11) is 0. The first-order chi connectivity index (χ1) is 18.0. The second-order valence-corrected chi connectivity index (χ2v) is 9.36. The van der Waals surface area contributed by atoms with Crippen LogP contribution in [0.4, 0.5) is 0 Å². The third kappa shape index (κ3) is 4.97. The highest BCUT2D eigenvalue weighted by Gasteiger charge is 2.45. The molecule has 0 saturated carbocycles. The standard InChI is InChI=1S/C30H26O7/c31-19-5-1-17(2-6-19)23-11-9-21(33)13-25(23)29-27(36-29)15-35-16-28-30(37-28)26-14-22(34)10-12-24(26)18-3-7-20(32)8-4-18/h1-14,27-34H,15-16H2. The molecule has 0 spiro atoms. The molecule has 0 aliphatic carbocycles. The first-order valence-electron chi connectivity index (χ1n) is 12.1. The smallest absolute Gasteiger partial charge is 0.115 e. The van der Waals surface area contributed by atoms with Gasteiger partial charge in [0.2, 0.25) is 0 Å². The van der Waals surface area contributed by atoms with Crippen LogP contribution in [0.25, 0.3) is 22.3 Å². The Morgan fingerprint density at radius 2 is 0.892 bits per heavy atom. The number of ether oxygens (including phenoxy) is 3. The topological polar surface area (TPSA) is 115 Å². The number of phenols is 4. The monoisotopic (exact) mass is 498 g/mol. The van der Waals surface area contributed by atoms with Gasteiger partial charge in [0.25, 0.3) is 0 Å². The molecule has 4 N–H and O–H groups in total. The van der Waals surface area contributed by atoms with Gasteiger partial charge in [0.05, 0.1) is 13.2 Å². The van der Waals surface area contributed by atoms with Gasteiger partial charge in [-0.1, -0.05) is 36.4 Å². The predicted octanol–water partition coefficient (Wildman–Crippen LogP) is 5.44. The highest BCUT2D eigenvalue weighted by atomic mass is 16.6. The lowest BCUT2D eigenvalue weighted by atomic mass is 9.96. The zero-order valence-electron chi connectivity index (χ0n) is 19.8. The van der Waals surface area contributed by atoms with E-state index in [0.29, 0.717) is 13.2 Å². The summed E-state index contributed by atoms with van der Waals surface area (Å²) in [5.74, 6) is 0.717. The first-order valence-corrected chi connectivity index (χ1v) is 12.1. The summed E-state index contributed by atoms with van der Waals surface area (Å²) in [5, 5.41) is 39.3. The van der Waals surface area contributed by atoms with Gasteiger partial charge < -0.3 is 34.6 Å². The third-order valence-electron chi connectivity index (χ3n) is 6.77. The Balaban J connectivity index is 1.08. The molecule has 0 bridgehead atoms. The summed E-state index contributed by atoms with van der Waals surface area (Å²) in [4.78, 5) is 0. The van der Waals surface area contributed by atoms with E-state index < -0.39 is 0 Å². The zero-order chi connectivity index (χ0) is 25.5. The van der Waals surface area contributed by atoms with Crippen LogP contribution in [0.5, 0.6) is 23.0 Å². The quantitative estimate of drug-likeness (QED) is 0.239. The van der Waals surface area contributed by atoms with Crippen LogP contribution >= 0.6 is 0 Å². The Labute approximate surface area is 213 Å². The first kappa shape index (κ1) is 23.4. The van der Waals surface area contributed by atoms with E-state index in [2.05, 4.69) is 0 Å². The van der Waals surface area contributed by atoms with E-state index in [1.165, 1.54) is 0 Å². The summed E-state index contributed by atoms with van der Waals surface area (Å²) < 4.78 is 17.7. The fraction of sp³-hybridized carbons (Fsp3) is 0.200. The van der Waals surface area contributed by atoms with Crippen molar-refractivity contribution in [2.24, 2.45) is 0 Å². The molecule has 2 aliphatic heterocycles. The van der Waals surface area contributed by atoms with Gasteiger partial charge in [0.1, 0.15) is 47.4 Å². The predicted molar refractivity (Wildman–Crippen MR) is 136 cm³/mol. The van der Waals surface area contributed by atoms with Crippen LogP contribution in [0, 0.1) is 0 Å². The highest BCUT2D eigenvalue weighted by molar-refractivity contribution is 5.71. The van der Waals surface area contributed by atoms with E-state index in [-0.39, 0.29) is 47.4 Å². The van der Waals surface area contributed by atoms with Crippen LogP contribution in [-0.4, -0.2) is 45.8 Å². The third-order valence-corrected chi connectivity index (χ3v) is 6.77. The molecule has 188 valence electrons. The van der Waals surface area contributed by atoms with E-state index in [9.17, 15) is 20.4 Å². The summed E-state index contributed by atoms with van der Waals surface area (Å²) in [6.07, 6.45) is -0.663. The molecule has 4 atom stereocenters. The number of epoxide rings is 2. The van der Waals surface area contributed by atoms with E-state index in [0.717, 1.165) is 33.4 Å². The van der Waals surface area contributed by atoms with E-state index in [4.69, 9.17) is 14.2 Å². The van der Waals surface area contributed by atoms with Crippen molar-refractivity contribution >= 4 is 0 Å². The average molecular weight is 499 g/mol. The van der Waals surface area contributed by atoms with Gasteiger partial charge in [-0.3, -0.25) is 0 Å². The second-order valence-electron chi connectivity index (χ2n) is 9.36. The molecule has 0 aromatic heterocycles. The fourth-order valence-corrected chi connectivity index (χ4v) is 4.77. The van der Waals surface area contributed by atoms with Crippen molar-refractivity contribution in [3.05, 3.63) is 96.1 Å². The van der Waals surface area contributed by atoms with Gasteiger partial charge in [0.15, 0.2) is 0 Å². The van der Waals surface area contributed by atoms with Crippen molar-refractivity contribution in [1.29, 1.82) is 0 Å². The molecule has 0 amide bonds. The van der Waals surface area contributed by atoms with Crippen LogP contribution in [0.1, 0.15) is 23.3 Å². The maximum Gasteiger partial charge on any atom is 0.115 e. The summed E-state index contributed by atoms with van der Waals surface area (Å²) >= 11 is 0. The lowest BCUT2D eigenvalue weighted by Gasteiger charge is -2.09. The van der Waals surface area contributed by atoms with Gasteiger partial charge in [-0.2, -0.15) is 0 Å². The molecule has 0 radical (unpaired) electrons. The molecule has 2 saturated heterocycles. The maximum atomic E-state index is 10.1. The molecule has 37 heavy (non-hydrogen) atoms. The molecule has 2 fully saturated rings. The molecule has 2 heterocycles. The maximum absolute atomic E-state index is 10.1. The number of aromatic hydroxyl groups is 4. The van der Waals surface area contributed by atoms with Crippen LogP contribution in [-0.2, 0) is 14.2 Å². The SMILES string of the molecule is Oc1ccc(-c2ccc(O)cc2C2OC2COCC2OC2c2cc(O)ccc2-c2ccc(O)cc2)cc1. The van der Waals surface area contributed by atoms with Crippen molar-refractivity contribution in [3.8, 4) is 45.3 Å². The van der Waals surface area contributed by atoms with Crippen LogP contribution < -0.4 is 0 Å². The van der Waals surface area contributed by atoms with Gasteiger partial charge in [-0.25, -0.2) is 0 Å². The van der Waals surface area contributed by atoms with Gasteiger partial charge >= 0.3 is 0 Å². The summed E-state index contributed by atoms with van der Waals surface area (Å²) in [6, 6.07) is 24.2. The zero-order valence-corrected chi connectivity index (χ0v) is 19.8. The van der Waals surface area contributed by atoms with Crippen molar-refractivity contribution in [2.75, 3.05) is 13.2 Å². The minimum absolute atomic E-state index is 0.136. The van der Waals surface area contributed by atoms with Crippen LogP contribution in [0.3, 0.4) is 0 Å². The molecular formula is C30H26O7. The van der Waals surface area contributed by atoms with Gasteiger partial charge in [-0.05, 0) is 81.9 Å². The molecule has 7 heteroatoms. The number of benzene rings is 4. The number of phenolic OH excluding ortho intramolecular Hbond substituents is 4. The van der Waals surface area contributed by atoms with Crippen LogP contribution in [0.15, 0.2) is 84.9 Å². The summed E-state index contributed by atoms with van der Waals surface area (Å²) in [5.41, 5.74) is 5.46. The van der Waals surface area contributed by atoms with Crippen molar-refractivity contribution in [3.63, 3.8) is 0 Å². The molecule has 7 nitrogen and oxygen atoms in total. The van der Waals surface area contributed by atoms with Crippen molar-refractivity contribution < 1.29 is 34.6 Å². The minimum Gasteiger partial charge on any atom is -0.508 e. The normalized spacial score (nSPS) is 22.1. The molecule has 4 unspecified atom stereocenters. The average Bonchev–Trinajstić information content (AvgIpc) is 3.82. The largest absolute Gasteiger partial charge is 0.508 e. The highest BCUT2D eigenvalue weighted by Crippen LogP contribution is 2.47. The van der Waals surface area contributed by atoms with E-state index in [1.807, 2.05) is 36.4 Å². The minimum atomic E-state index is -0.195. The number of rotatable bonds is 8. The Morgan fingerprint density at radius 3 is 1.30 bits per heavy atom. The van der Waals surface area contributed by atoms with Gasteiger partial charge in [0, 0.05) is 0 Å².